The number of carbonyl (C=O) groups excluding carboxylic acids is 1. The first-order chi connectivity index (χ1) is 10.2. The first-order valence-electron chi connectivity index (χ1n) is 7.11. The molecule has 1 fully saturated rings. The van der Waals surface area contributed by atoms with Crippen LogP contribution < -0.4 is 5.32 Å². The fourth-order valence-electron chi connectivity index (χ4n) is 2.77. The molecule has 110 valence electrons. The van der Waals surface area contributed by atoms with Crippen molar-refractivity contribution in [3.8, 4) is 5.82 Å². The van der Waals surface area contributed by atoms with E-state index in [9.17, 15) is 9.90 Å². The van der Waals surface area contributed by atoms with Gasteiger partial charge in [0.2, 0.25) is 0 Å². The van der Waals surface area contributed by atoms with Gasteiger partial charge in [-0.2, -0.15) is 0 Å². The Labute approximate surface area is 122 Å². The van der Waals surface area contributed by atoms with Crippen molar-refractivity contribution in [1.82, 2.24) is 19.9 Å². The highest BCUT2D eigenvalue weighted by molar-refractivity contribution is 5.93. The smallest absolute Gasteiger partial charge is 0.270 e. The summed E-state index contributed by atoms with van der Waals surface area (Å²) in [4.78, 5) is 20.7. The van der Waals surface area contributed by atoms with E-state index in [-0.39, 0.29) is 12.5 Å². The van der Waals surface area contributed by atoms with Crippen LogP contribution in [0.2, 0.25) is 0 Å². The average Bonchev–Trinajstić information content (AvgIpc) is 3.19. The minimum absolute atomic E-state index is 0.0278. The molecule has 6 heteroatoms. The molecule has 0 unspecified atom stereocenters. The number of hydrogen-bond acceptors (Lipinski definition) is 4. The van der Waals surface area contributed by atoms with E-state index < -0.39 is 5.54 Å². The largest absolute Gasteiger partial charge is 0.394 e. The minimum Gasteiger partial charge on any atom is -0.394 e. The summed E-state index contributed by atoms with van der Waals surface area (Å²) in [5.74, 6) is 0.400. The molecule has 0 atom stereocenters. The van der Waals surface area contributed by atoms with E-state index in [4.69, 9.17) is 0 Å². The van der Waals surface area contributed by atoms with Gasteiger partial charge in [-0.15, -0.1) is 0 Å². The van der Waals surface area contributed by atoms with E-state index in [1.165, 1.54) is 0 Å². The van der Waals surface area contributed by atoms with Gasteiger partial charge in [0.15, 0.2) is 0 Å². The second-order valence-electron chi connectivity index (χ2n) is 5.45. The number of pyridine rings is 1. The fourth-order valence-corrected chi connectivity index (χ4v) is 2.77. The zero-order valence-electron chi connectivity index (χ0n) is 11.7. The first kappa shape index (κ1) is 13.8. The average molecular weight is 286 g/mol. The molecular formula is C15H18N4O2. The molecule has 0 spiro atoms. The molecule has 0 bridgehead atoms. The monoisotopic (exact) mass is 286 g/mol. The topological polar surface area (TPSA) is 80.0 Å². The van der Waals surface area contributed by atoms with E-state index in [0.717, 1.165) is 25.7 Å². The van der Waals surface area contributed by atoms with Crippen LogP contribution in [0, 0.1) is 0 Å². The van der Waals surface area contributed by atoms with E-state index in [1.807, 2.05) is 6.07 Å². The van der Waals surface area contributed by atoms with Gasteiger partial charge in [-0.3, -0.25) is 9.36 Å². The van der Waals surface area contributed by atoms with Gasteiger partial charge in [-0.1, -0.05) is 18.9 Å². The normalized spacial score (nSPS) is 16.8. The highest BCUT2D eigenvalue weighted by Gasteiger charge is 2.35. The van der Waals surface area contributed by atoms with Gasteiger partial charge in [0.1, 0.15) is 17.8 Å². The van der Waals surface area contributed by atoms with Crippen LogP contribution in [0.1, 0.15) is 36.2 Å². The Hall–Kier alpha value is -2.21. The summed E-state index contributed by atoms with van der Waals surface area (Å²) in [5.41, 5.74) is -0.134. The molecule has 2 N–H and O–H groups in total. The predicted octanol–water partition coefficient (Wildman–Crippen LogP) is 1.30. The number of nitrogens with zero attached hydrogens (tertiary/aromatic N) is 3. The number of amides is 1. The quantitative estimate of drug-likeness (QED) is 0.888. The van der Waals surface area contributed by atoms with Gasteiger partial charge in [0, 0.05) is 12.4 Å². The molecule has 1 aliphatic carbocycles. The van der Waals surface area contributed by atoms with Crippen molar-refractivity contribution in [3.05, 3.63) is 42.6 Å². The van der Waals surface area contributed by atoms with Gasteiger partial charge >= 0.3 is 0 Å². The fraction of sp³-hybridized carbons (Fsp3) is 0.400. The number of aliphatic hydroxyl groups excluding tert-OH is 1. The number of aromatic nitrogens is 3. The summed E-state index contributed by atoms with van der Waals surface area (Å²) in [5, 5.41) is 12.5. The number of aliphatic hydroxyl groups is 1. The molecular weight excluding hydrogens is 268 g/mol. The van der Waals surface area contributed by atoms with E-state index in [0.29, 0.717) is 11.5 Å². The molecule has 0 radical (unpaired) electrons. The lowest BCUT2D eigenvalue weighted by Gasteiger charge is -2.27. The van der Waals surface area contributed by atoms with Crippen LogP contribution in [-0.4, -0.2) is 37.7 Å². The van der Waals surface area contributed by atoms with Gasteiger partial charge in [-0.05, 0) is 25.0 Å². The van der Waals surface area contributed by atoms with Crippen molar-refractivity contribution in [2.75, 3.05) is 6.61 Å². The Morgan fingerprint density at radius 1 is 1.38 bits per heavy atom. The van der Waals surface area contributed by atoms with Gasteiger partial charge < -0.3 is 10.4 Å². The highest BCUT2D eigenvalue weighted by atomic mass is 16.3. The van der Waals surface area contributed by atoms with Crippen molar-refractivity contribution >= 4 is 5.91 Å². The van der Waals surface area contributed by atoms with Crippen molar-refractivity contribution in [1.29, 1.82) is 0 Å². The third kappa shape index (κ3) is 2.80. The van der Waals surface area contributed by atoms with Gasteiger partial charge in [-0.25, -0.2) is 9.97 Å². The SMILES string of the molecule is O=C(NC1(CO)CCCC1)c1cccc(-n2ccnc2)n1. The van der Waals surface area contributed by atoms with Crippen LogP contribution in [-0.2, 0) is 0 Å². The zero-order chi connectivity index (χ0) is 14.7. The van der Waals surface area contributed by atoms with Crippen molar-refractivity contribution in [2.24, 2.45) is 0 Å². The van der Waals surface area contributed by atoms with E-state index >= 15 is 0 Å². The summed E-state index contributed by atoms with van der Waals surface area (Å²) in [7, 11) is 0. The second-order valence-corrected chi connectivity index (χ2v) is 5.45. The Morgan fingerprint density at radius 2 is 2.19 bits per heavy atom. The van der Waals surface area contributed by atoms with Crippen molar-refractivity contribution < 1.29 is 9.90 Å². The Morgan fingerprint density at radius 3 is 2.86 bits per heavy atom. The molecule has 6 nitrogen and oxygen atoms in total. The molecule has 0 saturated heterocycles. The standard InChI is InChI=1S/C15H18N4O2/c20-10-15(6-1-2-7-15)18-14(21)12-4-3-5-13(17-12)19-9-8-16-11-19/h3-5,8-9,11,20H,1-2,6-7,10H2,(H,18,21). The van der Waals surface area contributed by atoms with Crippen LogP contribution in [0.5, 0.6) is 0 Å². The first-order valence-corrected chi connectivity index (χ1v) is 7.11. The molecule has 2 aromatic heterocycles. The molecule has 1 amide bonds. The number of hydrogen-bond donors (Lipinski definition) is 2. The molecule has 0 aliphatic heterocycles. The minimum atomic E-state index is -0.482. The molecule has 1 aliphatic rings. The molecule has 21 heavy (non-hydrogen) atoms. The van der Waals surface area contributed by atoms with Crippen LogP contribution in [0.3, 0.4) is 0 Å². The van der Waals surface area contributed by atoms with Crippen LogP contribution in [0.15, 0.2) is 36.9 Å². The van der Waals surface area contributed by atoms with Crippen molar-refractivity contribution in [2.45, 2.75) is 31.2 Å². The Balaban J connectivity index is 1.80. The second kappa shape index (κ2) is 5.65. The number of rotatable bonds is 4. The van der Waals surface area contributed by atoms with Crippen LogP contribution in [0.25, 0.3) is 5.82 Å². The maximum absolute atomic E-state index is 12.4. The summed E-state index contributed by atoms with van der Waals surface area (Å²) < 4.78 is 1.74. The zero-order valence-corrected chi connectivity index (χ0v) is 11.7. The molecule has 2 heterocycles. The molecule has 2 aromatic rings. The van der Waals surface area contributed by atoms with E-state index in [1.54, 1.807) is 35.4 Å². The number of nitrogens with one attached hydrogen (secondary N) is 1. The van der Waals surface area contributed by atoms with Gasteiger partial charge in [0.25, 0.3) is 5.91 Å². The predicted molar refractivity (Wildman–Crippen MR) is 77.1 cm³/mol. The Bertz CT molecular complexity index is 618. The van der Waals surface area contributed by atoms with E-state index in [2.05, 4.69) is 15.3 Å². The number of carbonyl (C=O) groups is 1. The lowest BCUT2D eigenvalue weighted by Crippen LogP contribution is -2.49. The highest BCUT2D eigenvalue weighted by Crippen LogP contribution is 2.29. The van der Waals surface area contributed by atoms with Gasteiger partial charge in [0.05, 0.1) is 12.1 Å². The lowest BCUT2D eigenvalue weighted by molar-refractivity contribution is 0.0833. The Kier molecular flexibility index (Phi) is 3.70. The summed E-state index contributed by atoms with van der Waals surface area (Å²) in [6, 6.07) is 5.28. The number of imidazole rings is 1. The lowest BCUT2D eigenvalue weighted by atomic mass is 9.98. The molecule has 0 aromatic carbocycles. The van der Waals surface area contributed by atoms with Crippen LogP contribution in [0.4, 0.5) is 0 Å². The maximum Gasteiger partial charge on any atom is 0.270 e. The van der Waals surface area contributed by atoms with Crippen molar-refractivity contribution in [3.63, 3.8) is 0 Å². The maximum atomic E-state index is 12.4. The summed E-state index contributed by atoms with van der Waals surface area (Å²) in [6.45, 7) is -0.0278. The molecule has 3 rings (SSSR count). The third-order valence-corrected chi connectivity index (χ3v) is 3.98. The summed E-state index contributed by atoms with van der Waals surface area (Å²) in [6.07, 6.45) is 8.76. The summed E-state index contributed by atoms with van der Waals surface area (Å²) >= 11 is 0. The third-order valence-electron chi connectivity index (χ3n) is 3.98. The van der Waals surface area contributed by atoms with Crippen LogP contribution >= 0.6 is 0 Å². The molecule has 1 saturated carbocycles.